The summed E-state index contributed by atoms with van der Waals surface area (Å²) >= 11 is 0. The van der Waals surface area contributed by atoms with Crippen molar-refractivity contribution in [2.24, 2.45) is 40.4 Å². The molecule has 3 aliphatic carbocycles. The summed E-state index contributed by atoms with van der Waals surface area (Å²) in [4.78, 5) is 25.2. The summed E-state index contributed by atoms with van der Waals surface area (Å²) in [5, 5.41) is 0. The number of esters is 2. The first-order chi connectivity index (χ1) is 14.3. The number of hydrogen-bond acceptors (Lipinski definition) is 4. The highest BCUT2D eigenvalue weighted by Gasteiger charge is 2.60. The first-order valence-electron chi connectivity index (χ1n) is 12.7. The average Bonchev–Trinajstić information content (AvgIpc) is 3.23. The predicted octanol–water partition coefficient (Wildman–Crippen LogP) is 6.56. The summed E-state index contributed by atoms with van der Waals surface area (Å²) in [6.45, 7) is 16.4. The molecular weight excluding hydrogens is 388 g/mol. The van der Waals surface area contributed by atoms with Gasteiger partial charge in [-0.1, -0.05) is 48.0 Å². The maximum Gasteiger partial charge on any atom is 0.309 e. The summed E-state index contributed by atoms with van der Waals surface area (Å²) in [5.41, 5.74) is 0.164. The van der Waals surface area contributed by atoms with E-state index < -0.39 is 0 Å². The molecule has 0 N–H and O–H groups in total. The molecule has 0 aliphatic heterocycles. The van der Waals surface area contributed by atoms with Crippen LogP contribution < -0.4 is 0 Å². The zero-order valence-electron chi connectivity index (χ0n) is 21.1. The Kier molecular flexibility index (Phi) is 7.18. The van der Waals surface area contributed by atoms with Gasteiger partial charge in [-0.15, -0.1) is 0 Å². The Balaban J connectivity index is 1.47. The van der Waals surface area contributed by atoms with E-state index in [1.807, 2.05) is 0 Å². The van der Waals surface area contributed by atoms with Crippen LogP contribution in [0.15, 0.2) is 0 Å². The van der Waals surface area contributed by atoms with Crippen LogP contribution in [0, 0.1) is 40.4 Å². The number of fused-ring (bicyclic) bond motifs is 2. The second kappa shape index (κ2) is 9.06. The Morgan fingerprint density at radius 1 is 0.903 bits per heavy atom. The molecule has 5 unspecified atom stereocenters. The number of carbonyl (C=O) groups is 2. The van der Waals surface area contributed by atoms with Gasteiger partial charge in [-0.2, -0.15) is 0 Å². The van der Waals surface area contributed by atoms with Crippen LogP contribution in [0.25, 0.3) is 0 Å². The fourth-order valence-corrected chi connectivity index (χ4v) is 7.28. The lowest BCUT2D eigenvalue weighted by Gasteiger charge is -2.48. The summed E-state index contributed by atoms with van der Waals surface area (Å²) in [5.74, 6) is 2.10. The SMILES string of the molecule is CC1(OC(=O)CCCOC(=O)C2CC3CC2C(C(C)(C)C)C3C(C)(C)C)CCCCC1. The topological polar surface area (TPSA) is 52.6 Å². The Bertz CT molecular complexity index is 647. The van der Waals surface area contributed by atoms with Crippen molar-refractivity contribution in [2.45, 2.75) is 112 Å². The number of rotatable bonds is 6. The molecule has 178 valence electrons. The van der Waals surface area contributed by atoms with Crippen molar-refractivity contribution in [3.63, 3.8) is 0 Å². The minimum atomic E-state index is -0.291. The van der Waals surface area contributed by atoms with Crippen LogP contribution in [-0.4, -0.2) is 24.1 Å². The van der Waals surface area contributed by atoms with Gasteiger partial charge in [0.15, 0.2) is 0 Å². The highest BCUT2D eigenvalue weighted by Crippen LogP contribution is 2.64. The van der Waals surface area contributed by atoms with E-state index in [0.29, 0.717) is 43.1 Å². The van der Waals surface area contributed by atoms with Crippen molar-refractivity contribution in [1.29, 1.82) is 0 Å². The third-order valence-corrected chi connectivity index (χ3v) is 8.35. The number of ether oxygens (including phenoxy) is 2. The predicted molar refractivity (Wildman–Crippen MR) is 123 cm³/mol. The largest absolute Gasteiger partial charge is 0.465 e. The molecule has 0 aromatic rings. The first kappa shape index (κ1) is 24.6. The van der Waals surface area contributed by atoms with E-state index in [-0.39, 0.29) is 34.3 Å². The van der Waals surface area contributed by atoms with E-state index in [1.54, 1.807) is 0 Å². The fourth-order valence-electron chi connectivity index (χ4n) is 7.28. The Morgan fingerprint density at radius 2 is 1.52 bits per heavy atom. The molecular formula is C27H46O4. The van der Waals surface area contributed by atoms with Crippen molar-refractivity contribution in [3.8, 4) is 0 Å². The lowest BCUT2D eigenvalue weighted by atomic mass is 9.57. The maximum atomic E-state index is 12.9. The quantitative estimate of drug-likeness (QED) is 0.351. The second-order valence-corrected chi connectivity index (χ2v) is 13.0. The van der Waals surface area contributed by atoms with Gasteiger partial charge in [0.05, 0.1) is 12.5 Å². The molecule has 4 heteroatoms. The van der Waals surface area contributed by atoms with Gasteiger partial charge in [0.1, 0.15) is 5.60 Å². The molecule has 0 heterocycles. The van der Waals surface area contributed by atoms with Crippen LogP contribution in [0.1, 0.15) is 106 Å². The fraction of sp³-hybridized carbons (Fsp3) is 0.926. The molecule has 3 rings (SSSR count). The Morgan fingerprint density at radius 3 is 2.10 bits per heavy atom. The van der Waals surface area contributed by atoms with Crippen LogP contribution in [0.3, 0.4) is 0 Å². The van der Waals surface area contributed by atoms with Crippen LogP contribution in [-0.2, 0) is 19.1 Å². The highest BCUT2D eigenvalue weighted by molar-refractivity contribution is 5.74. The third-order valence-electron chi connectivity index (χ3n) is 8.35. The van der Waals surface area contributed by atoms with Crippen molar-refractivity contribution in [3.05, 3.63) is 0 Å². The summed E-state index contributed by atoms with van der Waals surface area (Å²) in [7, 11) is 0. The van der Waals surface area contributed by atoms with Gasteiger partial charge in [-0.3, -0.25) is 9.59 Å². The maximum absolute atomic E-state index is 12.9. The van der Waals surface area contributed by atoms with Gasteiger partial charge in [0.2, 0.25) is 0 Å². The standard InChI is InChI=1S/C27H46O4/c1-25(2,3)22-18-16-19(23(22)26(4,5)6)20(17-18)24(29)30-15-11-12-21(28)31-27(7)13-9-8-10-14-27/h18-20,22-23H,8-17H2,1-7H3. The number of carbonyl (C=O) groups excluding carboxylic acids is 2. The van der Waals surface area contributed by atoms with Crippen molar-refractivity contribution >= 4 is 11.9 Å². The molecule has 0 saturated heterocycles. The molecule has 4 nitrogen and oxygen atoms in total. The van der Waals surface area contributed by atoms with Crippen molar-refractivity contribution in [1.82, 2.24) is 0 Å². The van der Waals surface area contributed by atoms with Gasteiger partial charge < -0.3 is 9.47 Å². The Labute approximate surface area is 190 Å². The lowest BCUT2D eigenvalue weighted by molar-refractivity contribution is -0.163. The molecule has 3 aliphatic rings. The third kappa shape index (κ3) is 5.66. The molecule has 0 amide bonds. The summed E-state index contributed by atoms with van der Waals surface area (Å²) < 4.78 is 11.4. The van der Waals surface area contributed by atoms with Gasteiger partial charge in [-0.25, -0.2) is 0 Å². The first-order valence-corrected chi connectivity index (χ1v) is 12.7. The zero-order valence-corrected chi connectivity index (χ0v) is 21.1. The molecule has 0 aromatic heterocycles. The van der Waals surface area contributed by atoms with Crippen LogP contribution in [0.4, 0.5) is 0 Å². The molecule has 0 spiro atoms. The monoisotopic (exact) mass is 434 g/mol. The molecule has 2 bridgehead atoms. The average molecular weight is 435 g/mol. The van der Waals surface area contributed by atoms with E-state index in [0.717, 1.165) is 38.5 Å². The smallest absolute Gasteiger partial charge is 0.309 e. The second-order valence-electron chi connectivity index (χ2n) is 13.0. The van der Waals surface area contributed by atoms with E-state index in [4.69, 9.17) is 9.47 Å². The zero-order chi connectivity index (χ0) is 23.0. The normalized spacial score (nSPS) is 32.7. The minimum Gasteiger partial charge on any atom is -0.465 e. The van der Waals surface area contributed by atoms with E-state index in [1.165, 1.54) is 6.42 Å². The van der Waals surface area contributed by atoms with E-state index >= 15 is 0 Å². The summed E-state index contributed by atoms with van der Waals surface area (Å²) in [6, 6.07) is 0. The van der Waals surface area contributed by atoms with Crippen LogP contribution in [0.5, 0.6) is 0 Å². The highest BCUT2D eigenvalue weighted by atomic mass is 16.6. The van der Waals surface area contributed by atoms with Crippen molar-refractivity contribution in [2.75, 3.05) is 6.61 Å². The van der Waals surface area contributed by atoms with Crippen LogP contribution >= 0.6 is 0 Å². The van der Waals surface area contributed by atoms with Crippen LogP contribution in [0.2, 0.25) is 0 Å². The molecule has 0 aromatic carbocycles. The molecule has 3 saturated carbocycles. The molecule has 31 heavy (non-hydrogen) atoms. The van der Waals surface area contributed by atoms with Gasteiger partial charge in [0, 0.05) is 6.42 Å². The molecule has 0 radical (unpaired) electrons. The molecule has 3 fully saturated rings. The number of hydrogen-bond donors (Lipinski definition) is 0. The van der Waals surface area contributed by atoms with Gasteiger partial charge in [0.25, 0.3) is 0 Å². The van der Waals surface area contributed by atoms with E-state index in [2.05, 4.69) is 48.5 Å². The minimum absolute atomic E-state index is 0.0286. The van der Waals surface area contributed by atoms with Gasteiger partial charge in [-0.05, 0) is 86.4 Å². The summed E-state index contributed by atoms with van der Waals surface area (Å²) in [6.07, 6.45) is 8.44. The van der Waals surface area contributed by atoms with E-state index in [9.17, 15) is 9.59 Å². The Hall–Kier alpha value is -1.06. The van der Waals surface area contributed by atoms with Gasteiger partial charge >= 0.3 is 11.9 Å². The molecule has 5 atom stereocenters. The van der Waals surface area contributed by atoms with Crippen molar-refractivity contribution < 1.29 is 19.1 Å². The lowest BCUT2D eigenvalue weighted by Crippen LogP contribution is -2.44.